The highest BCUT2D eigenvalue weighted by Crippen LogP contribution is 2.38. The predicted molar refractivity (Wildman–Crippen MR) is 138 cm³/mol. The lowest BCUT2D eigenvalue weighted by atomic mass is 10.0. The van der Waals surface area contributed by atoms with E-state index in [0.717, 1.165) is 5.39 Å². The molecule has 36 heavy (non-hydrogen) atoms. The van der Waals surface area contributed by atoms with E-state index < -0.39 is 16.0 Å². The largest absolute Gasteiger partial charge is 0.481 e. The van der Waals surface area contributed by atoms with Crippen LogP contribution in [0.2, 0.25) is 0 Å². The summed E-state index contributed by atoms with van der Waals surface area (Å²) in [5.74, 6) is -0.360. The number of sulfonamides is 1. The summed E-state index contributed by atoms with van der Waals surface area (Å²) in [5.41, 5.74) is 1.68. The minimum atomic E-state index is -3.78. The fraction of sp³-hybridized carbons (Fsp3) is 0.111. The monoisotopic (exact) mass is 504 g/mol. The number of amides is 1. The number of carbonyl (C=O) groups excluding carboxylic acids is 1. The van der Waals surface area contributed by atoms with Gasteiger partial charge >= 0.3 is 5.97 Å². The first-order chi connectivity index (χ1) is 17.2. The van der Waals surface area contributed by atoms with Crippen LogP contribution in [0.4, 0.5) is 11.4 Å². The van der Waals surface area contributed by atoms with Crippen LogP contribution >= 0.6 is 0 Å². The van der Waals surface area contributed by atoms with Crippen LogP contribution in [0.1, 0.15) is 18.4 Å². The van der Waals surface area contributed by atoms with Crippen LogP contribution in [0.25, 0.3) is 10.8 Å². The SMILES string of the molecule is Cc1cc(Oc2ccc(NC(=O)CCC(=O)O)cc2)c2ccccc2c1NS(=O)(=O)c1ccccc1. The second-order valence-corrected chi connectivity index (χ2v) is 9.78. The number of benzene rings is 4. The van der Waals surface area contributed by atoms with Crippen LogP contribution in [0.5, 0.6) is 11.5 Å². The Balaban J connectivity index is 1.58. The van der Waals surface area contributed by atoms with Crippen LogP contribution in [-0.2, 0) is 19.6 Å². The summed E-state index contributed by atoms with van der Waals surface area (Å²) >= 11 is 0. The highest BCUT2D eigenvalue weighted by atomic mass is 32.2. The van der Waals surface area contributed by atoms with Crippen molar-refractivity contribution >= 4 is 44.0 Å². The first kappa shape index (κ1) is 24.7. The van der Waals surface area contributed by atoms with Gasteiger partial charge in [-0.15, -0.1) is 0 Å². The smallest absolute Gasteiger partial charge is 0.303 e. The van der Waals surface area contributed by atoms with E-state index in [4.69, 9.17) is 9.84 Å². The van der Waals surface area contributed by atoms with Gasteiger partial charge in [-0.05, 0) is 55.0 Å². The van der Waals surface area contributed by atoms with Gasteiger partial charge in [0.25, 0.3) is 10.0 Å². The van der Waals surface area contributed by atoms with Gasteiger partial charge in [0.05, 0.1) is 17.0 Å². The number of fused-ring (bicyclic) bond motifs is 1. The molecule has 4 rings (SSSR count). The highest BCUT2D eigenvalue weighted by Gasteiger charge is 2.19. The van der Waals surface area contributed by atoms with Crippen LogP contribution < -0.4 is 14.8 Å². The summed E-state index contributed by atoms with van der Waals surface area (Å²) in [6.07, 6.45) is -0.351. The summed E-state index contributed by atoms with van der Waals surface area (Å²) in [4.78, 5) is 22.6. The van der Waals surface area contributed by atoms with Crippen molar-refractivity contribution in [1.82, 2.24) is 0 Å². The van der Waals surface area contributed by atoms with Gasteiger partial charge in [-0.25, -0.2) is 8.42 Å². The molecule has 0 spiro atoms. The summed E-state index contributed by atoms with van der Waals surface area (Å²) < 4.78 is 34.7. The van der Waals surface area contributed by atoms with Crippen molar-refractivity contribution in [1.29, 1.82) is 0 Å². The molecule has 0 radical (unpaired) electrons. The number of ether oxygens (including phenoxy) is 1. The van der Waals surface area contributed by atoms with Crippen LogP contribution in [0, 0.1) is 6.92 Å². The minimum Gasteiger partial charge on any atom is -0.481 e. The van der Waals surface area contributed by atoms with Gasteiger partial charge in [-0.3, -0.25) is 14.3 Å². The number of anilines is 2. The molecule has 0 saturated carbocycles. The predicted octanol–water partition coefficient (Wildman–Crippen LogP) is 5.54. The quantitative estimate of drug-likeness (QED) is 0.275. The second kappa shape index (κ2) is 10.5. The number of aliphatic carboxylic acids is 1. The zero-order valence-electron chi connectivity index (χ0n) is 19.4. The molecule has 0 bridgehead atoms. The Bertz CT molecular complexity index is 1520. The molecule has 4 aromatic carbocycles. The molecule has 0 aliphatic rings. The van der Waals surface area contributed by atoms with Gasteiger partial charge in [0.2, 0.25) is 5.91 Å². The maximum Gasteiger partial charge on any atom is 0.303 e. The van der Waals surface area contributed by atoms with Gasteiger partial charge < -0.3 is 15.2 Å². The van der Waals surface area contributed by atoms with Crippen LogP contribution in [-0.4, -0.2) is 25.4 Å². The maximum absolute atomic E-state index is 13.0. The molecule has 0 unspecified atom stereocenters. The third-order valence-corrected chi connectivity index (χ3v) is 6.79. The van der Waals surface area contributed by atoms with Crippen molar-refractivity contribution in [3.63, 3.8) is 0 Å². The van der Waals surface area contributed by atoms with E-state index in [1.807, 2.05) is 24.3 Å². The second-order valence-electron chi connectivity index (χ2n) is 8.10. The molecule has 9 heteroatoms. The van der Waals surface area contributed by atoms with E-state index in [1.165, 1.54) is 12.1 Å². The van der Waals surface area contributed by atoms with Crippen LogP contribution in [0.15, 0.2) is 89.8 Å². The number of carboxylic acids is 1. The number of carbonyl (C=O) groups is 2. The Hall–Kier alpha value is -4.37. The molecule has 184 valence electrons. The Labute approximate surface area is 208 Å². The third kappa shape index (κ3) is 5.81. The van der Waals surface area contributed by atoms with Gasteiger partial charge in [-0.2, -0.15) is 0 Å². The van der Waals surface area contributed by atoms with E-state index in [0.29, 0.717) is 33.8 Å². The van der Waals surface area contributed by atoms with E-state index in [2.05, 4.69) is 10.0 Å². The average molecular weight is 505 g/mol. The number of nitrogens with one attached hydrogen (secondary N) is 2. The van der Waals surface area contributed by atoms with Gasteiger partial charge in [0, 0.05) is 22.9 Å². The summed E-state index contributed by atoms with van der Waals surface area (Å²) in [5, 5.41) is 12.8. The Kier molecular flexibility index (Phi) is 7.21. The molecule has 0 aliphatic carbocycles. The molecular formula is C27H24N2O6S. The summed E-state index contributed by atoms with van der Waals surface area (Å²) in [6.45, 7) is 1.80. The summed E-state index contributed by atoms with van der Waals surface area (Å²) in [6, 6.07) is 24.0. The Morgan fingerprint density at radius 3 is 2.17 bits per heavy atom. The highest BCUT2D eigenvalue weighted by molar-refractivity contribution is 7.92. The molecule has 1 amide bonds. The van der Waals surface area contributed by atoms with Crippen LogP contribution in [0.3, 0.4) is 0 Å². The molecule has 4 aromatic rings. The van der Waals surface area contributed by atoms with E-state index >= 15 is 0 Å². The number of hydrogen-bond acceptors (Lipinski definition) is 5. The molecule has 8 nitrogen and oxygen atoms in total. The van der Waals surface area contributed by atoms with Crippen molar-refractivity contribution in [3.8, 4) is 11.5 Å². The third-order valence-electron chi connectivity index (χ3n) is 5.43. The summed E-state index contributed by atoms with van der Waals surface area (Å²) in [7, 11) is -3.78. The lowest BCUT2D eigenvalue weighted by Crippen LogP contribution is -2.14. The first-order valence-electron chi connectivity index (χ1n) is 11.1. The Morgan fingerprint density at radius 1 is 0.861 bits per heavy atom. The molecule has 0 atom stereocenters. The van der Waals surface area contributed by atoms with E-state index in [-0.39, 0.29) is 23.6 Å². The van der Waals surface area contributed by atoms with E-state index in [9.17, 15) is 18.0 Å². The Morgan fingerprint density at radius 2 is 1.50 bits per heavy atom. The fourth-order valence-corrected chi connectivity index (χ4v) is 4.84. The minimum absolute atomic E-state index is 0.112. The van der Waals surface area contributed by atoms with Gasteiger partial charge in [0.15, 0.2) is 0 Å². The van der Waals surface area contributed by atoms with Crippen molar-refractivity contribution < 1.29 is 27.9 Å². The molecule has 0 heterocycles. The number of rotatable bonds is 9. The van der Waals surface area contributed by atoms with Crippen molar-refractivity contribution in [2.24, 2.45) is 0 Å². The lowest BCUT2D eigenvalue weighted by Gasteiger charge is -2.17. The topological polar surface area (TPSA) is 122 Å². The number of carboxylic acid groups (broad SMARTS) is 1. The molecule has 0 fully saturated rings. The van der Waals surface area contributed by atoms with Crippen molar-refractivity contribution in [3.05, 3.63) is 90.5 Å². The standard InChI is InChI=1S/C27H24N2O6S/c1-18-17-24(35-20-13-11-19(12-14-20)28-25(30)15-16-26(31)32)22-9-5-6-10-23(22)27(18)29-36(33,34)21-7-3-2-4-8-21/h2-14,17,29H,15-16H2,1H3,(H,28,30)(H,31,32). The van der Waals surface area contributed by atoms with Crippen molar-refractivity contribution in [2.45, 2.75) is 24.7 Å². The zero-order valence-corrected chi connectivity index (χ0v) is 20.2. The zero-order chi connectivity index (χ0) is 25.7. The normalized spacial score (nSPS) is 11.1. The average Bonchev–Trinajstić information content (AvgIpc) is 2.87. The fourth-order valence-electron chi connectivity index (χ4n) is 3.67. The van der Waals surface area contributed by atoms with Gasteiger partial charge in [-0.1, -0.05) is 42.5 Å². The molecule has 0 aromatic heterocycles. The maximum atomic E-state index is 13.0. The number of hydrogen-bond donors (Lipinski definition) is 3. The lowest BCUT2D eigenvalue weighted by molar-refractivity contribution is -0.138. The van der Waals surface area contributed by atoms with Gasteiger partial charge in [0.1, 0.15) is 11.5 Å². The van der Waals surface area contributed by atoms with Crippen molar-refractivity contribution in [2.75, 3.05) is 10.0 Å². The molecular weight excluding hydrogens is 480 g/mol. The number of aryl methyl sites for hydroxylation is 1. The van der Waals surface area contributed by atoms with E-state index in [1.54, 1.807) is 55.5 Å². The first-order valence-corrected chi connectivity index (χ1v) is 12.6. The molecule has 0 saturated heterocycles. The molecule has 0 aliphatic heterocycles. The molecule has 3 N–H and O–H groups in total.